The smallest absolute Gasteiger partial charge is 0.251 e. The fourth-order valence-electron chi connectivity index (χ4n) is 2.03. The molecule has 0 aliphatic heterocycles. The fourth-order valence-corrected chi connectivity index (χ4v) is 2.03. The van der Waals surface area contributed by atoms with E-state index >= 15 is 0 Å². The van der Waals surface area contributed by atoms with Crippen molar-refractivity contribution in [2.24, 2.45) is 11.8 Å². The molecule has 2 rings (SSSR count). The predicted molar refractivity (Wildman–Crippen MR) is 82.8 cm³/mol. The summed E-state index contributed by atoms with van der Waals surface area (Å²) in [4.78, 5) is 23.5. The Morgan fingerprint density at radius 3 is 2.38 bits per heavy atom. The molecule has 1 fully saturated rings. The van der Waals surface area contributed by atoms with E-state index in [1.165, 1.54) is 0 Å². The molecule has 1 aromatic rings. The second-order valence-corrected chi connectivity index (χ2v) is 6.13. The highest BCUT2D eigenvalue weighted by Gasteiger charge is 2.29. The molecule has 1 aliphatic rings. The first kappa shape index (κ1) is 15.5. The third kappa shape index (κ3) is 5.21. The van der Waals surface area contributed by atoms with E-state index in [0.29, 0.717) is 24.6 Å². The van der Waals surface area contributed by atoms with Gasteiger partial charge in [-0.15, -0.1) is 0 Å². The molecule has 1 aliphatic carbocycles. The zero-order valence-electron chi connectivity index (χ0n) is 12.8. The van der Waals surface area contributed by atoms with Gasteiger partial charge in [-0.25, -0.2) is 0 Å². The third-order valence-electron chi connectivity index (χ3n) is 3.64. The number of benzene rings is 1. The normalized spacial score (nSPS) is 14.0. The van der Waals surface area contributed by atoms with Gasteiger partial charge < -0.3 is 10.6 Å². The SMILES string of the molecule is CC(C)CCNC(=O)c1ccc(CNC(=O)C2CC2)cc1. The summed E-state index contributed by atoms with van der Waals surface area (Å²) < 4.78 is 0. The van der Waals surface area contributed by atoms with Crippen molar-refractivity contribution in [1.29, 1.82) is 0 Å². The van der Waals surface area contributed by atoms with Crippen LogP contribution in [0.5, 0.6) is 0 Å². The van der Waals surface area contributed by atoms with Crippen molar-refractivity contribution in [3.8, 4) is 0 Å². The van der Waals surface area contributed by atoms with E-state index in [1.54, 1.807) is 0 Å². The Morgan fingerprint density at radius 2 is 1.81 bits per heavy atom. The number of carbonyl (C=O) groups excluding carboxylic acids is 2. The van der Waals surface area contributed by atoms with Crippen molar-refractivity contribution < 1.29 is 9.59 Å². The number of hydrogen-bond donors (Lipinski definition) is 2. The minimum atomic E-state index is -0.0378. The van der Waals surface area contributed by atoms with Crippen molar-refractivity contribution in [1.82, 2.24) is 10.6 Å². The molecule has 4 nitrogen and oxygen atoms in total. The van der Waals surface area contributed by atoms with Crippen LogP contribution in [0.25, 0.3) is 0 Å². The summed E-state index contributed by atoms with van der Waals surface area (Å²) in [7, 11) is 0. The molecule has 1 aromatic carbocycles. The maximum absolute atomic E-state index is 11.9. The first-order valence-corrected chi connectivity index (χ1v) is 7.71. The first-order valence-electron chi connectivity index (χ1n) is 7.71. The summed E-state index contributed by atoms with van der Waals surface area (Å²) in [5.41, 5.74) is 1.68. The molecule has 0 radical (unpaired) electrons. The van der Waals surface area contributed by atoms with Crippen molar-refractivity contribution in [3.05, 3.63) is 35.4 Å². The van der Waals surface area contributed by atoms with Gasteiger partial charge in [0, 0.05) is 24.6 Å². The van der Waals surface area contributed by atoms with Crippen LogP contribution in [0.15, 0.2) is 24.3 Å². The van der Waals surface area contributed by atoms with Crippen LogP contribution >= 0.6 is 0 Å². The summed E-state index contributed by atoms with van der Waals surface area (Å²) in [5.74, 6) is 0.925. The topological polar surface area (TPSA) is 58.2 Å². The third-order valence-corrected chi connectivity index (χ3v) is 3.64. The molecule has 2 N–H and O–H groups in total. The fraction of sp³-hybridized carbons (Fsp3) is 0.529. The second kappa shape index (κ2) is 7.25. The molecular weight excluding hydrogens is 264 g/mol. The highest BCUT2D eigenvalue weighted by atomic mass is 16.2. The molecule has 2 amide bonds. The zero-order valence-corrected chi connectivity index (χ0v) is 12.8. The van der Waals surface area contributed by atoms with Gasteiger partial charge >= 0.3 is 0 Å². The Labute approximate surface area is 126 Å². The standard InChI is InChI=1S/C17H24N2O2/c1-12(2)9-10-18-16(20)14-5-3-13(4-6-14)11-19-17(21)15-7-8-15/h3-6,12,15H,7-11H2,1-2H3,(H,18,20)(H,19,21). The molecule has 0 atom stereocenters. The molecule has 114 valence electrons. The lowest BCUT2D eigenvalue weighted by atomic mass is 10.1. The lowest BCUT2D eigenvalue weighted by Gasteiger charge is -2.08. The molecule has 0 spiro atoms. The molecule has 21 heavy (non-hydrogen) atoms. The van der Waals surface area contributed by atoms with Gasteiger partial charge in [-0.05, 0) is 42.9 Å². The monoisotopic (exact) mass is 288 g/mol. The van der Waals surface area contributed by atoms with Crippen molar-refractivity contribution >= 4 is 11.8 Å². The van der Waals surface area contributed by atoms with Crippen LogP contribution in [0.2, 0.25) is 0 Å². The van der Waals surface area contributed by atoms with Crippen molar-refractivity contribution in [3.63, 3.8) is 0 Å². The highest BCUT2D eigenvalue weighted by Crippen LogP contribution is 2.28. The first-order chi connectivity index (χ1) is 10.1. The Hall–Kier alpha value is -1.84. The molecule has 4 heteroatoms. The minimum absolute atomic E-state index is 0.0378. The summed E-state index contributed by atoms with van der Waals surface area (Å²) in [5, 5.41) is 5.83. The van der Waals surface area contributed by atoms with E-state index < -0.39 is 0 Å². The maximum atomic E-state index is 11.9. The second-order valence-electron chi connectivity index (χ2n) is 6.13. The zero-order chi connectivity index (χ0) is 15.2. The molecule has 0 aromatic heterocycles. The van der Waals surface area contributed by atoms with Crippen LogP contribution in [-0.2, 0) is 11.3 Å². The van der Waals surface area contributed by atoms with E-state index in [9.17, 15) is 9.59 Å². The van der Waals surface area contributed by atoms with Crippen LogP contribution in [0.3, 0.4) is 0 Å². The number of rotatable bonds is 7. The summed E-state index contributed by atoms with van der Waals surface area (Å²) in [6, 6.07) is 7.40. The largest absolute Gasteiger partial charge is 0.352 e. The molecule has 0 heterocycles. The summed E-state index contributed by atoms with van der Waals surface area (Å²) >= 11 is 0. The average Bonchev–Trinajstić information content (AvgIpc) is 3.29. The van der Waals surface area contributed by atoms with Gasteiger partial charge in [-0.3, -0.25) is 9.59 Å². The van der Waals surface area contributed by atoms with Gasteiger partial charge in [0.1, 0.15) is 0 Å². The summed E-state index contributed by atoms with van der Waals surface area (Å²) in [6.07, 6.45) is 3.01. The lowest BCUT2D eigenvalue weighted by molar-refractivity contribution is -0.122. The van der Waals surface area contributed by atoms with E-state index in [1.807, 2.05) is 24.3 Å². The number of hydrogen-bond acceptors (Lipinski definition) is 2. The lowest BCUT2D eigenvalue weighted by Crippen LogP contribution is -2.25. The average molecular weight is 288 g/mol. The molecule has 0 bridgehead atoms. The van der Waals surface area contributed by atoms with Crippen molar-refractivity contribution in [2.75, 3.05) is 6.54 Å². The van der Waals surface area contributed by atoms with Gasteiger partial charge in [0.05, 0.1) is 0 Å². The van der Waals surface area contributed by atoms with E-state index in [-0.39, 0.29) is 17.7 Å². The quantitative estimate of drug-likeness (QED) is 0.810. The number of nitrogens with one attached hydrogen (secondary N) is 2. The van der Waals surface area contributed by atoms with Crippen molar-refractivity contribution in [2.45, 2.75) is 39.7 Å². The Morgan fingerprint density at radius 1 is 1.14 bits per heavy atom. The van der Waals surface area contributed by atoms with Crippen LogP contribution in [0.4, 0.5) is 0 Å². The minimum Gasteiger partial charge on any atom is -0.352 e. The number of carbonyl (C=O) groups is 2. The Balaban J connectivity index is 1.77. The Bertz CT molecular complexity index is 490. The van der Waals surface area contributed by atoms with Crippen LogP contribution in [0, 0.1) is 11.8 Å². The van der Waals surface area contributed by atoms with Crippen LogP contribution < -0.4 is 10.6 Å². The van der Waals surface area contributed by atoms with Gasteiger partial charge in [0.25, 0.3) is 5.91 Å². The maximum Gasteiger partial charge on any atom is 0.251 e. The van der Waals surface area contributed by atoms with Gasteiger partial charge in [-0.1, -0.05) is 26.0 Å². The molecular formula is C17H24N2O2. The van der Waals surface area contributed by atoms with Gasteiger partial charge in [-0.2, -0.15) is 0 Å². The molecule has 0 unspecified atom stereocenters. The van der Waals surface area contributed by atoms with Gasteiger partial charge in [0.2, 0.25) is 5.91 Å². The van der Waals surface area contributed by atoms with E-state index in [0.717, 1.165) is 24.8 Å². The molecule has 0 saturated heterocycles. The number of amides is 2. The van der Waals surface area contributed by atoms with Crippen LogP contribution in [-0.4, -0.2) is 18.4 Å². The Kier molecular flexibility index (Phi) is 5.37. The molecule has 1 saturated carbocycles. The summed E-state index contributed by atoms with van der Waals surface area (Å²) in [6.45, 7) is 5.51. The van der Waals surface area contributed by atoms with E-state index in [2.05, 4.69) is 24.5 Å². The predicted octanol–water partition coefficient (Wildman–Crippen LogP) is 2.49. The van der Waals surface area contributed by atoms with E-state index in [4.69, 9.17) is 0 Å². The highest BCUT2D eigenvalue weighted by molar-refractivity contribution is 5.94. The van der Waals surface area contributed by atoms with Gasteiger partial charge in [0.15, 0.2) is 0 Å². The van der Waals surface area contributed by atoms with Crippen LogP contribution in [0.1, 0.15) is 49.0 Å².